The van der Waals surface area contributed by atoms with Gasteiger partial charge in [-0.05, 0) is 73.9 Å². The lowest BCUT2D eigenvalue weighted by atomic mass is 10.1. The second-order valence-electron chi connectivity index (χ2n) is 9.69. The molecule has 0 aromatic heterocycles. The molecule has 1 N–H and O–H groups in total. The third-order valence-electron chi connectivity index (χ3n) is 6.77. The Bertz CT molecular complexity index is 1380. The van der Waals surface area contributed by atoms with E-state index in [1.54, 1.807) is 61.7 Å². The fourth-order valence-electron chi connectivity index (χ4n) is 4.48. The van der Waals surface area contributed by atoms with Crippen molar-refractivity contribution < 1.29 is 27.5 Å². The summed E-state index contributed by atoms with van der Waals surface area (Å²) >= 11 is 0. The average molecular weight is 596 g/mol. The van der Waals surface area contributed by atoms with Gasteiger partial charge in [0.05, 0.1) is 24.3 Å². The SMILES string of the molecule is CCCCNC(=O)C(CC)N(Cc1ccc(OC)cc1)C(=O)CN(c1ccccc1)S(=O)(=O)c1ccc(OCC)cc1. The van der Waals surface area contributed by atoms with E-state index in [4.69, 9.17) is 9.47 Å². The van der Waals surface area contributed by atoms with Gasteiger partial charge >= 0.3 is 0 Å². The number of amides is 2. The molecule has 226 valence electrons. The molecule has 0 aliphatic heterocycles. The number of nitrogens with one attached hydrogen (secondary N) is 1. The molecule has 3 aromatic rings. The summed E-state index contributed by atoms with van der Waals surface area (Å²) in [6, 6.07) is 21.0. The van der Waals surface area contributed by atoms with Crippen molar-refractivity contribution in [2.75, 3.05) is 31.1 Å². The number of anilines is 1. The Morgan fingerprint density at radius 2 is 1.52 bits per heavy atom. The molecule has 0 radical (unpaired) electrons. The largest absolute Gasteiger partial charge is 0.497 e. The molecule has 3 aromatic carbocycles. The van der Waals surface area contributed by atoms with Gasteiger partial charge in [-0.3, -0.25) is 13.9 Å². The molecule has 1 unspecified atom stereocenters. The zero-order valence-electron chi connectivity index (χ0n) is 24.8. The zero-order valence-corrected chi connectivity index (χ0v) is 25.6. The molecule has 1 atom stereocenters. The molecule has 3 rings (SSSR count). The van der Waals surface area contributed by atoms with E-state index in [1.807, 2.05) is 32.9 Å². The van der Waals surface area contributed by atoms with Gasteiger partial charge in [-0.1, -0.05) is 50.6 Å². The Morgan fingerprint density at radius 1 is 0.881 bits per heavy atom. The van der Waals surface area contributed by atoms with Gasteiger partial charge in [-0.25, -0.2) is 8.42 Å². The molecule has 9 nitrogen and oxygen atoms in total. The molecule has 0 heterocycles. The molecule has 2 amide bonds. The number of rotatable bonds is 16. The first-order valence-electron chi connectivity index (χ1n) is 14.3. The van der Waals surface area contributed by atoms with Crippen LogP contribution in [0.15, 0.2) is 83.8 Å². The van der Waals surface area contributed by atoms with Crippen LogP contribution in [0.5, 0.6) is 11.5 Å². The number of para-hydroxylation sites is 1. The van der Waals surface area contributed by atoms with Gasteiger partial charge in [0, 0.05) is 13.1 Å². The first-order valence-corrected chi connectivity index (χ1v) is 15.7. The molecular formula is C32H41N3O6S. The highest BCUT2D eigenvalue weighted by Gasteiger charge is 2.33. The van der Waals surface area contributed by atoms with Crippen molar-refractivity contribution in [3.63, 3.8) is 0 Å². The molecule has 0 bridgehead atoms. The number of hydrogen-bond donors (Lipinski definition) is 1. The highest BCUT2D eigenvalue weighted by Crippen LogP contribution is 2.26. The number of methoxy groups -OCH3 is 1. The van der Waals surface area contributed by atoms with E-state index >= 15 is 0 Å². The summed E-state index contributed by atoms with van der Waals surface area (Å²) in [6.45, 7) is 6.29. The first-order chi connectivity index (χ1) is 20.2. The van der Waals surface area contributed by atoms with Crippen LogP contribution in [0.3, 0.4) is 0 Å². The number of carbonyl (C=O) groups excluding carboxylic acids is 2. The fraction of sp³-hybridized carbons (Fsp3) is 0.375. The van der Waals surface area contributed by atoms with E-state index in [2.05, 4.69) is 5.32 Å². The van der Waals surface area contributed by atoms with Crippen molar-refractivity contribution in [1.82, 2.24) is 10.2 Å². The summed E-state index contributed by atoms with van der Waals surface area (Å²) < 4.78 is 39.7. The van der Waals surface area contributed by atoms with E-state index < -0.39 is 28.5 Å². The summed E-state index contributed by atoms with van der Waals surface area (Å²) in [4.78, 5) is 28.9. The smallest absolute Gasteiger partial charge is 0.264 e. The van der Waals surface area contributed by atoms with Crippen molar-refractivity contribution in [3.8, 4) is 11.5 Å². The molecule has 42 heavy (non-hydrogen) atoms. The van der Waals surface area contributed by atoms with Crippen LogP contribution in [-0.4, -0.2) is 58.0 Å². The Balaban J connectivity index is 1.99. The van der Waals surface area contributed by atoms with Crippen molar-refractivity contribution in [2.45, 2.75) is 57.5 Å². The summed E-state index contributed by atoms with van der Waals surface area (Å²) in [5, 5.41) is 2.93. The van der Waals surface area contributed by atoms with Crippen LogP contribution >= 0.6 is 0 Å². The number of benzene rings is 3. The van der Waals surface area contributed by atoms with Gasteiger partial charge in [0.2, 0.25) is 11.8 Å². The quantitative estimate of drug-likeness (QED) is 0.234. The van der Waals surface area contributed by atoms with Crippen molar-refractivity contribution >= 4 is 27.5 Å². The van der Waals surface area contributed by atoms with Crippen molar-refractivity contribution in [1.29, 1.82) is 0 Å². The summed E-state index contributed by atoms with van der Waals surface area (Å²) in [5.41, 5.74) is 1.12. The van der Waals surface area contributed by atoms with E-state index in [0.717, 1.165) is 22.7 Å². The molecule has 0 aliphatic rings. The highest BCUT2D eigenvalue weighted by atomic mass is 32.2. The van der Waals surface area contributed by atoms with Gasteiger partial charge in [0.15, 0.2) is 0 Å². The maximum absolute atomic E-state index is 14.1. The first kappa shape index (κ1) is 32.5. The van der Waals surface area contributed by atoms with E-state index in [0.29, 0.717) is 36.8 Å². The van der Waals surface area contributed by atoms with Crippen molar-refractivity contribution in [3.05, 3.63) is 84.4 Å². The summed E-state index contributed by atoms with van der Waals surface area (Å²) in [6.07, 6.45) is 2.09. The Hall–Kier alpha value is -4.05. The number of ether oxygens (including phenoxy) is 2. The lowest BCUT2D eigenvalue weighted by molar-refractivity contribution is -0.140. The van der Waals surface area contributed by atoms with Crippen LogP contribution in [-0.2, 0) is 26.2 Å². The van der Waals surface area contributed by atoms with Crippen LogP contribution < -0.4 is 19.1 Å². The van der Waals surface area contributed by atoms with E-state index in [-0.39, 0.29) is 17.3 Å². The lowest BCUT2D eigenvalue weighted by Gasteiger charge is -2.33. The molecular weight excluding hydrogens is 554 g/mol. The van der Waals surface area contributed by atoms with E-state index in [9.17, 15) is 18.0 Å². The number of sulfonamides is 1. The van der Waals surface area contributed by atoms with Gasteiger partial charge in [0.1, 0.15) is 24.1 Å². The second-order valence-corrected chi connectivity index (χ2v) is 11.6. The van der Waals surface area contributed by atoms with Crippen molar-refractivity contribution in [2.24, 2.45) is 0 Å². The zero-order chi connectivity index (χ0) is 30.5. The minimum absolute atomic E-state index is 0.0219. The Kier molecular flexibility index (Phi) is 12.2. The predicted molar refractivity (Wildman–Crippen MR) is 164 cm³/mol. The molecule has 10 heteroatoms. The molecule has 0 spiro atoms. The Morgan fingerprint density at radius 3 is 2.10 bits per heavy atom. The molecule has 0 fully saturated rings. The van der Waals surface area contributed by atoms with Crippen LogP contribution in [0.25, 0.3) is 0 Å². The molecule has 0 aliphatic carbocycles. The van der Waals surface area contributed by atoms with Gasteiger partial charge in [0.25, 0.3) is 10.0 Å². The minimum Gasteiger partial charge on any atom is -0.497 e. The van der Waals surface area contributed by atoms with Gasteiger partial charge in [-0.2, -0.15) is 0 Å². The number of unbranched alkanes of at least 4 members (excludes halogenated alkanes) is 1. The predicted octanol–water partition coefficient (Wildman–Crippen LogP) is 5.01. The maximum atomic E-state index is 14.1. The number of nitrogens with zero attached hydrogens (tertiary/aromatic N) is 2. The normalized spacial score (nSPS) is 11.8. The van der Waals surface area contributed by atoms with Crippen LogP contribution in [0.2, 0.25) is 0 Å². The second kappa shape index (κ2) is 15.8. The number of carbonyl (C=O) groups is 2. The van der Waals surface area contributed by atoms with Gasteiger partial charge < -0.3 is 19.7 Å². The summed E-state index contributed by atoms with van der Waals surface area (Å²) in [7, 11) is -2.58. The summed E-state index contributed by atoms with van der Waals surface area (Å²) in [5.74, 6) is 0.442. The molecule has 0 saturated carbocycles. The van der Waals surface area contributed by atoms with Crippen LogP contribution in [0.1, 0.15) is 45.6 Å². The minimum atomic E-state index is -4.15. The maximum Gasteiger partial charge on any atom is 0.264 e. The monoisotopic (exact) mass is 595 g/mol. The Labute approximate surface area is 249 Å². The third kappa shape index (κ3) is 8.48. The average Bonchev–Trinajstić information content (AvgIpc) is 3.01. The fourth-order valence-corrected chi connectivity index (χ4v) is 5.89. The topological polar surface area (TPSA) is 105 Å². The number of hydrogen-bond acceptors (Lipinski definition) is 6. The van der Waals surface area contributed by atoms with Gasteiger partial charge in [-0.15, -0.1) is 0 Å². The van der Waals surface area contributed by atoms with Crippen LogP contribution in [0, 0.1) is 0 Å². The highest BCUT2D eigenvalue weighted by molar-refractivity contribution is 7.92. The van der Waals surface area contributed by atoms with E-state index in [1.165, 1.54) is 17.0 Å². The lowest BCUT2D eigenvalue weighted by Crippen LogP contribution is -2.52. The molecule has 0 saturated heterocycles. The van der Waals surface area contributed by atoms with Crippen LogP contribution in [0.4, 0.5) is 5.69 Å². The third-order valence-corrected chi connectivity index (χ3v) is 8.56. The standard InChI is InChI=1S/C32H41N3O6S/c1-5-8-22-33-32(37)30(6-2)34(23-25-14-16-27(40-4)17-15-25)31(36)24-35(26-12-10-9-11-13-26)42(38,39)29-20-18-28(19-21-29)41-7-3/h9-21,30H,5-8,22-24H2,1-4H3,(H,33,37).